The number of para-hydroxylation sites is 1. The predicted octanol–water partition coefficient (Wildman–Crippen LogP) is 1.40. The minimum atomic E-state index is -0.661. The molecule has 21 heavy (non-hydrogen) atoms. The largest absolute Gasteiger partial charge is 0.496 e. The molecular formula is C16H26N2O3. The van der Waals surface area contributed by atoms with E-state index in [4.69, 9.17) is 4.74 Å². The molecule has 2 N–H and O–H groups in total. The van der Waals surface area contributed by atoms with Crippen LogP contribution in [-0.2, 0) is 11.3 Å². The first-order valence-corrected chi connectivity index (χ1v) is 7.23. The lowest BCUT2D eigenvalue weighted by molar-refractivity contribution is -0.138. The van der Waals surface area contributed by atoms with Crippen LogP contribution in [0.15, 0.2) is 24.3 Å². The summed E-state index contributed by atoms with van der Waals surface area (Å²) in [5, 5.41) is 12.4. The third-order valence-corrected chi connectivity index (χ3v) is 3.36. The lowest BCUT2D eigenvalue weighted by Crippen LogP contribution is -2.54. The SMILES string of the molecule is CCNC(C)(C)C(=O)N(CCO)Cc1ccccc1OC. The van der Waals surface area contributed by atoms with E-state index in [0.29, 0.717) is 19.6 Å². The number of amides is 1. The van der Waals surface area contributed by atoms with Gasteiger partial charge in [0.2, 0.25) is 5.91 Å². The number of benzene rings is 1. The molecule has 0 heterocycles. The molecule has 0 spiro atoms. The summed E-state index contributed by atoms with van der Waals surface area (Å²) in [6.07, 6.45) is 0. The summed E-state index contributed by atoms with van der Waals surface area (Å²) in [5.74, 6) is 0.707. The molecule has 0 saturated carbocycles. The summed E-state index contributed by atoms with van der Waals surface area (Å²) in [7, 11) is 1.61. The minimum Gasteiger partial charge on any atom is -0.496 e. The van der Waals surface area contributed by atoms with Crippen molar-refractivity contribution >= 4 is 5.91 Å². The van der Waals surface area contributed by atoms with Gasteiger partial charge >= 0.3 is 0 Å². The highest BCUT2D eigenvalue weighted by molar-refractivity contribution is 5.85. The maximum Gasteiger partial charge on any atom is 0.242 e. The third kappa shape index (κ3) is 4.72. The fourth-order valence-corrected chi connectivity index (χ4v) is 2.33. The zero-order valence-corrected chi connectivity index (χ0v) is 13.3. The van der Waals surface area contributed by atoms with E-state index in [1.54, 1.807) is 12.0 Å². The van der Waals surface area contributed by atoms with Crippen molar-refractivity contribution < 1.29 is 14.6 Å². The van der Waals surface area contributed by atoms with Crippen molar-refractivity contribution in [1.29, 1.82) is 0 Å². The van der Waals surface area contributed by atoms with E-state index < -0.39 is 5.54 Å². The van der Waals surface area contributed by atoms with E-state index in [1.165, 1.54) is 0 Å². The summed E-state index contributed by atoms with van der Waals surface area (Å²) in [6, 6.07) is 7.60. The highest BCUT2D eigenvalue weighted by Gasteiger charge is 2.31. The number of methoxy groups -OCH3 is 1. The fraction of sp³-hybridized carbons (Fsp3) is 0.562. The number of nitrogens with one attached hydrogen (secondary N) is 1. The highest BCUT2D eigenvalue weighted by atomic mass is 16.5. The van der Waals surface area contributed by atoms with Gasteiger partial charge < -0.3 is 20.1 Å². The number of hydrogen-bond donors (Lipinski definition) is 2. The maximum atomic E-state index is 12.7. The van der Waals surface area contributed by atoms with E-state index in [2.05, 4.69) is 5.32 Å². The number of aliphatic hydroxyl groups is 1. The molecule has 118 valence electrons. The molecule has 1 rings (SSSR count). The Morgan fingerprint density at radius 3 is 2.62 bits per heavy atom. The molecule has 1 amide bonds. The average Bonchev–Trinajstić information content (AvgIpc) is 2.46. The summed E-state index contributed by atoms with van der Waals surface area (Å²) in [5.41, 5.74) is 0.264. The molecule has 0 aliphatic carbocycles. The van der Waals surface area contributed by atoms with Gasteiger partial charge in [-0.3, -0.25) is 4.79 Å². The van der Waals surface area contributed by atoms with Crippen LogP contribution in [0.2, 0.25) is 0 Å². The Labute approximate surface area is 126 Å². The van der Waals surface area contributed by atoms with Crippen LogP contribution in [0.1, 0.15) is 26.3 Å². The Morgan fingerprint density at radius 2 is 2.05 bits per heavy atom. The van der Waals surface area contributed by atoms with Gasteiger partial charge in [-0.15, -0.1) is 0 Å². The van der Waals surface area contributed by atoms with E-state index >= 15 is 0 Å². The molecule has 0 aromatic heterocycles. The van der Waals surface area contributed by atoms with Crippen molar-refractivity contribution in [3.05, 3.63) is 29.8 Å². The van der Waals surface area contributed by atoms with Gasteiger partial charge in [0.25, 0.3) is 0 Å². The number of aliphatic hydroxyl groups excluding tert-OH is 1. The molecule has 0 aliphatic heterocycles. The van der Waals surface area contributed by atoms with E-state index in [9.17, 15) is 9.90 Å². The number of hydrogen-bond acceptors (Lipinski definition) is 4. The van der Waals surface area contributed by atoms with Gasteiger partial charge in [0.1, 0.15) is 5.75 Å². The van der Waals surface area contributed by atoms with Crippen LogP contribution < -0.4 is 10.1 Å². The number of ether oxygens (including phenoxy) is 1. The van der Waals surface area contributed by atoms with Crippen LogP contribution >= 0.6 is 0 Å². The maximum absolute atomic E-state index is 12.7. The van der Waals surface area contributed by atoms with Gasteiger partial charge in [0, 0.05) is 18.7 Å². The first-order chi connectivity index (χ1) is 9.96. The normalized spacial score (nSPS) is 11.3. The topological polar surface area (TPSA) is 61.8 Å². The fourth-order valence-electron chi connectivity index (χ4n) is 2.33. The van der Waals surface area contributed by atoms with Crippen LogP contribution in [0.5, 0.6) is 5.75 Å². The quantitative estimate of drug-likeness (QED) is 0.761. The Hall–Kier alpha value is -1.59. The van der Waals surface area contributed by atoms with E-state index in [1.807, 2.05) is 45.0 Å². The molecule has 0 atom stereocenters. The second-order valence-corrected chi connectivity index (χ2v) is 5.42. The number of carbonyl (C=O) groups is 1. The molecule has 0 aliphatic rings. The van der Waals surface area contributed by atoms with Crippen molar-refractivity contribution in [1.82, 2.24) is 10.2 Å². The molecule has 0 radical (unpaired) electrons. The first-order valence-electron chi connectivity index (χ1n) is 7.23. The Kier molecular flexibility index (Phi) is 6.65. The molecule has 0 unspecified atom stereocenters. The van der Waals surface area contributed by atoms with Crippen LogP contribution in [0.4, 0.5) is 0 Å². The molecule has 5 nitrogen and oxygen atoms in total. The molecule has 5 heteroatoms. The number of likely N-dealkylation sites (N-methyl/N-ethyl adjacent to an activating group) is 1. The summed E-state index contributed by atoms with van der Waals surface area (Å²) in [4.78, 5) is 14.3. The third-order valence-electron chi connectivity index (χ3n) is 3.36. The minimum absolute atomic E-state index is 0.0377. The highest BCUT2D eigenvalue weighted by Crippen LogP contribution is 2.20. The van der Waals surface area contributed by atoms with Crippen LogP contribution in [0, 0.1) is 0 Å². The van der Waals surface area contributed by atoms with Crippen molar-refractivity contribution in [2.45, 2.75) is 32.9 Å². The van der Waals surface area contributed by atoms with Gasteiger partial charge in [0.05, 0.1) is 19.3 Å². The molecule has 1 aromatic carbocycles. The van der Waals surface area contributed by atoms with Gasteiger partial charge in [-0.2, -0.15) is 0 Å². The first kappa shape index (κ1) is 17.5. The van der Waals surface area contributed by atoms with Gasteiger partial charge in [0.15, 0.2) is 0 Å². The van der Waals surface area contributed by atoms with Crippen LogP contribution in [0.3, 0.4) is 0 Å². The van der Waals surface area contributed by atoms with Gasteiger partial charge in [-0.1, -0.05) is 25.1 Å². The molecular weight excluding hydrogens is 268 g/mol. The summed E-state index contributed by atoms with van der Waals surface area (Å²) in [6.45, 7) is 7.02. The Bertz CT molecular complexity index is 461. The lowest BCUT2D eigenvalue weighted by Gasteiger charge is -2.32. The van der Waals surface area contributed by atoms with Crippen molar-refractivity contribution in [2.75, 3.05) is 26.8 Å². The van der Waals surface area contributed by atoms with Crippen molar-refractivity contribution in [2.24, 2.45) is 0 Å². The number of nitrogens with zero attached hydrogens (tertiary/aromatic N) is 1. The van der Waals surface area contributed by atoms with Crippen molar-refractivity contribution in [3.8, 4) is 5.75 Å². The lowest BCUT2D eigenvalue weighted by atomic mass is 10.0. The summed E-state index contributed by atoms with van der Waals surface area (Å²) < 4.78 is 5.32. The number of rotatable bonds is 8. The molecule has 0 bridgehead atoms. The monoisotopic (exact) mass is 294 g/mol. The van der Waals surface area contributed by atoms with Gasteiger partial charge in [-0.25, -0.2) is 0 Å². The van der Waals surface area contributed by atoms with Gasteiger partial charge in [-0.05, 0) is 26.5 Å². The van der Waals surface area contributed by atoms with E-state index in [-0.39, 0.29) is 12.5 Å². The zero-order valence-electron chi connectivity index (χ0n) is 13.3. The van der Waals surface area contributed by atoms with E-state index in [0.717, 1.165) is 11.3 Å². The molecule has 0 fully saturated rings. The Morgan fingerprint density at radius 1 is 1.38 bits per heavy atom. The van der Waals surface area contributed by atoms with Crippen LogP contribution in [0.25, 0.3) is 0 Å². The number of carbonyl (C=O) groups excluding carboxylic acids is 1. The van der Waals surface area contributed by atoms with Crippen molar-refractivity contribution in [3.63, 3.8) is 0 Å². The zero-order chi connectivity index (χ0) is 15.9. The van der Waals surface area contributed by atoms with Crippen LogP contribution in [-0.4, -0.2) is 48.3 Å². The summed E-state index contributed by atoms with van der Waals surface area (Å²) >= 11 is 0. The average molecular weight is 294 g/mol. The smallest absolute Gasteiger partial charge is 0.242 e. The molecule has 1 aromatic rings. The standard InChI is InChI=1S/C16H26N2O3/c1-5-17-16(2,3)15(20)18(10-11-19)12-13-8-6-7-9-14(13)21-4/h6-9,17,19H,5,10-12H2,1-4H3. The predicted molar refractivity (Wildman–Crippen MR) is 83.3 cm³/mol. The second kappa shape index (κ2) is 8.00. The second-order valence-electron chi connectivity index (χ2n) is 5.42. The molecule has 0 saturated heterocycles. The Balaban J connectivity index is 2.94.